The molecule has 1 rings (SSSR count). The number of nitrogens with one attached hydrogen (secondary N) is 1. The molecular weight excluding hydrogens is 246 g/mol. The second-order valence-corrected chi connectivity index (χ2v) is 4.91. The van der Waals surface area contributed by atoms with Crippen molar-refractivity contribution in [3.05, 3.63) is 29.8 Å². The molecule has 0 saturated carbocycles. The summed E-state index contributed by atoms with van der Waals surface area (Å²) < 4.78 is 5.04. The quantitative estimate of drug-likeness (QED) is 0.851. The third kappa shape index (κ3) is 3.71. The van der Waals surface area contributed by atoms with Crippen LogP contribution in [0.3, 0.4) is 0 Å². The zero-order chi connectivity index (χ0) is 14.6. The predicted octanol–water partition coefficient (Wildman–Crippen LogP) is 1.78. The van der Waals surface area contributed by atoms with Crippen LogP contribution in [0.1, 0.15) is 32.3 Å². The first-order valence-electron chi connectivity index (χ1n) is 5.97. The van der Waals surface area contributed by atoms with E-state index in [9.17, 15) is 9.59 Å². The summed E-state index contributed by atoms with van der Waals surface area (Å²) in [6.45, 7) is 4.64. The molecule has 0 aliphatic carbocycles. The van der Waals surface area contributed by atoms with E-state index in [4.69, 9.17) is 9.84 Å². The fourth-order valence-electron chi connectivity index (χ4n) is 1.51. The van der Waals surface area contributed by atoms with Crippen LogP contribution >= 0.6 is 0 Å². The van der Waals surface area contributed by atoms with Crippen LogP contribution in [-0.2, 0) is 9.59 Å². The topological polar surface area (TPSA) is 75.6 Å². The predicted molar refractivity (Wildman–Crippen MR) is 71.3 cm³/mol. The average molecular weight is 265 g/mol. The van der Waals surface area contributed by atoms with E-state index in [0.717, 1.165) is 5.56 Å². The van der Waals surface area contributed by atoms with Crippen LogP contribution in [0.2, 0.25) is 0 Å². The van der Waals surface area contributed by atoms with Gasteiger partial charge in [0.15, 0.2) is 0 Å². The van der Waals surface area contributed by atoms with Gasteiger partial charge in [0.05, 0.1) is 13.0 Å². The van der Waals surface area contributed by atoms with Crippen LogP contribution in [0.5, 0.6) is 5.75 Å². The lowest BCUT2D eigenvalue weighted by molar-refractivity contribution is -0.146. The van der Waals surface area contributed by atoms with Gasteiger partial charge in [-0.15, -0.1) is 0 Å². The standard InChI is InChI=1S/C14H19NO4/c1-9(10-5-7-11(19-4)8-6-10)12(16)15-14(2,3)13(17)18/h5-9H,1-4H3,(H,15,16)(H,17,18). The zero-order valence-corrected chi connectivity index (χ0v) is 11.6. The smallest absolute Gasteiger partial charge is 0.328 e. The summed E-state index contributed by atoms with van der Waals surface area (Å²) in [5, 5.41) is 11.5. The van der Waals surface area contributed by atoms with Crippen molar-refractivity contribution in [2.24, 2.45) is 0 Å². The van der Waals surface area contributed by atoms with Gasteiger partial charge < -0.3 is 15.2 Å². The normalized spacial score (nSPS) is 12.6. The highest BCUT2D eigenvalue weighted by Gasteiger charge is 2.30. The highest BCUT2D eigenvalue weighted by atomic mass is 16.5. The lowest BCUT2D eigenvalue weighted by Crippen LogP contribution is -2.50. The van der Waals surface area contributed by atoms with Gasteiger partial charge in [-0.1, -0.05) is 12.1 Å². The molecule has 0 radical (unpaired) electrons. The highest BCUT2D eigenvalue weighted by Crippen LogP contribution is 2.20. The van der Waals surface area contributed by atoms with Gasteiger partial charge in [-0.2, -0.15) is 0 Å². The van der Waals surface area contributed by atoms with Crippen molar-refractivity contribution >= 4 is 11.9 Å². The number of carboxylic acids is 1. The summed E-state index contributed by atoms with van der Waals surface area (Å²) in [5.41, 5.74) is -0.475. The van der Waals surface area contributed by atoms with E-state index in [-0.39, 0.29) is 5.91 Å². The molecule has 1 aromatic carbocycles. The number of carboxylic acid groups (broad SMARTS) is 1. The van der Waals surface area contributed by atoms with Gasteiger partial charge in [0.25, 0.3) is 0 Å². The van der Waals surface area contributed by atoms with E-state index in [2.05, 4.69) is 5.32 Å². The summed E-state index contributed by atoms with van der Waals surface area (Å²) in [5.74, 6) is -1.10. The number of benzene rings is 1. The van der Waals surface area contributed by atoms with Gasteiger partial charge >= 0.3 is 5.97 Å². The maximum Gasteiger partial charge on any atom is 0.328 e. The number of amides is 1. The zero-order valence-electron chi connectivity index (χ0n) is 11.6. The Bertz CT molecular complexity index is 465. The Kier molecular flexibility index (Phi) is 4.53. The molecule has 0 bridgehead atoms. The molecule has 1 unspecified atom stereocenters. The maximum atomic E-state index is 12.0. The Hall–Kier alpha value is -2.04. The van der Waals surface area contributed by atoms with Crippen LogP contribution in [0.4, 0.5) is 0 Å². The summed E-state index contributed by atoms with van der Waals surface area (Å²) >= 11 is 0. The molecule has 19 heavy (non-hydrogen) atoms. The fraction of sp³-hybridized carbons (Fsp3) is 0.429. The van der Waals surface area contributed by atoms with E-state index in [1.54, 1.807) is 38.3 Å². The molecular formula is C14H19NO4. The number of rotatable bonds is 5. The van der Waals surface area contributed by atoms with E-state index in [0.29, 0.717) is 5.75 Å². The van der Waals surface area contributed by atoms with Crippen molar-refractivity contribution in [2.75, 3.05) is 7.11 Å². The Morgan fingerprint density at radius 1 is 1.26 bits per heavy atom. The van der Waals surface area contributed by atoms with Gasteiger partial charge in [-0.25, -0.2) is 4.79 Å². The molecule has 0 aliphatic rings. The number of carbonyl (C=O) groups excluding carboxylic acids is 1. The van der Waals surface area contributed by atoms with Crippen molar-refractivity contribution in [2.45, 2.75) is 32.2 Å². The SMILES string of the molecule is COc1ccc(C(C)C(=O)NC(C)(C)C(=O)O)cc1. The van der Waals surface area contributed by atoms with Crippen LogP contribution in [0, 0.1) is 0 Å². The molecule has 0 heterocycles. The van der Waals surface area contributed by atoms with E-state index in [1.165, 1.54) is 13.8 Å². The Balaban J connectivity index is 2.79. The van der Waals surface area contributed by atoms with Gasteiger partial charge in [0.1, 0.15) is 11.3 Å². The molecule has 0 aliphatic heterocycles. The molecule has 5 nitrogen and oxygen atoms in total. The molecule has 1 atom stereocenters. The maximum absolute atomic E-state index is 12.0. The molecule has 1 amide bonds. The van der Waals surface area contributed by atoms with Crippen LogP contribution in [0.15, 0.2) is 24.3 Å². The summed E-state index contributed by atoms with van der Waals surface area (Å²) in [4.78, 5) is 23.0. The fourth-order valence-corrected chi connectivity index (χ4v) is 1.51. The van der Waals surface area contributed by atoms with Crippen LogP contribution in [-0.4, -0.2) is 29.6 Å². The molecule has 5 heteroatoms. The van der Waals surface area contributed by atoms with Crippen molar-refractivity contribution in [3.63, 3.8) is 0 Å². The molecule has 1 aromatic rings. The van der Waals surface area contributed by atoms with Crippen molar-refractivity contribution in [1.29, 1.82) is 0 Å². The third-order valence-corrected chi connectivity index (χ3v) is 2.98. The lowest BCUT2D eigenvalue weighted by atomic mass is 9.98. The molecule has 104 valence electrons. The summed E-state index contributed by atoms with van der Waals surface area (Å²) in [6.07, 6.45) is 0. The number of aliphatic carboxylic acids is 1. The van der Waals surface area contributed by atoms with Gasteiger partial charge in [-0.05, 0) is 38.5 Å². The number of hydrogen-bond donors (Lipinski definition) is 2. The molecule has 0 saturated heterocycles. The minimum absolute atomic E-state index is 0.322. The van der Waals surface area contributed by atoms with Gasteiger partial charge in [0.2, 0.25) is 5.91 Å². The van der Waals surface area contributed by atoms with Crippen LogP contribution < -0.4 is 10.1 Å². The molecule has 0 aromatic heterocycles. The largest absolute Gasteiger partial charge is 0.497 e. The second-order valence-electron chi connectivity index (χ2n) is 4.91. The first-order valence-corrected chi connectivity index (χ1v) is 5.97. The highest BCUT2D eigenvalue weighted by molar-refractivity contribution is 5.89. The first-order chi connectivity index (χ1) is 8.77. The lowest BCUT2D eigenvalue weighted by Gasteiger charge is -2.23. The van der Waals surface area contributed by atoms with Gasteiger partial charge in [-0.3, -0.25) is 4.79 Å². The number of ether oxygens (including phenoxy) is 1. The van der Waals surface area contributed by atoms with Crippen molar-refractivity contribution in [1.82, 2.24) is 5.32 Å². The summed E-state index contributed by atoms with van der Waals surface area (Å²) in [7, 11) is 1.57. The van der Waals surface area contributed by atoms with E-state index < -0.39 is 17.4 Å². The number of carbonyl (C=O) groups is 2. The van der Waals surface area contributed by atoms with E-state index >= 15 is 0 Å². The average Bonchev–Trinajstić information content (AvgIpc) is 2.37. The minimum atomic E-state index is -1.28. The molecule has 0 fully saturated rings. The Morgan fingerprint density at radius 2 is 1.79 bits per heavy atom. The molecule has 0 spiro atoms. The van der Waals surface area contributed by atoms with Gasteiger partial charge in [0, 0.05) is 0 Å². The number of methoxy groups -OCH3 is 1. The van der Waals surface area contributed by atoms with E-state index in [1.807, 2.05) is 0 Å². The number of hydrogen-bond acceptors (Lipinski definition) is 3. The second kappa shape index (κ2) is 5.73. The van der Waals surface area contributed by atoms with Crippen molar-refractivity contribution < 1.29 is 19.4 Å². The van der Waals surface area contributed by atoms with Crippen LogP contribution in [0.25, 0.3) is 0 Å². The Labute approximate surface area is 112 Å². The van der Waals surface area contributed by atoms with Crippen molar-refractivity contribution in [3.8, 4) is 5.75 Å². The monoisotopic (exact) mass is 265 g/mol. The third-order valence-electron chi connectivity index (χ3n) is 2.98. The minimum Gasteiger partial charge on any atom is -0.497 e. The first kappa shape index (κ1) is 15.0. The molecule has 2 N–H and O–H groups in total. The summed E-state index contributed by atoms with van der Waals surface area (Å²) in [6, 6.07) is 7.11. The Morgan fingerprint density at radius 3 is 2.21 bits per heavy atom.